The van der Waals surface area contributed by atoms with E-state index in [2.05, 4.69) is 4.98 Å². The number of benzene rings is 1. The molecular formula is C12H6ClNO. The first-order valence-corrected chi connectivity index (χ1v) is 4.95. The standard InChI is InChI=1S/C12H6ClNO/c13-7-3-4-8-10(6-7)11-9(12(8)15)2-1-5-14-11/h1-6H. The molecule has 0 bridgehead atoms. The molecule has 0 unspecified atom stereocenters. The molecule has 1 aromatic carbocycles. The van der Waals surface area contributed by atoms with Crippen molar-refractivity contribution in [3.63, 3.8) is 0 Å². The molecule has 0 radical (unpaired) electrons. The largest absolute Gasteiger partial charge is 0.289 e. The van der Waals surface area contributed by atoms with Crippen LogP contribution in [0.25, 0.3) is 11.3 Å². The summed E-state index contributed by atoms with van der Waals surface area (Å²) >= 11 is 5.90. The lowest BCUT2D eigenvalue weighted by atomic mass is 10.1. The normalized spacial score (nSPS) is 12.5. The van der Waals surface area contributed by atoms with Crippen molar-refractivity contribution in [2.45, 2.75) is 0 Å². The molecule has 1 heterocycles. The molecule has 0 spiro atoms. The molecule has 0 saturated heterocycles. The third-order valence-electron chi connectivity index (χ3n) is 2.53. The zero-order chi connectivity index (χ0) is 10.4. The average molecular weight is 216 g/mol. The lowest BCUT2D eigenvalue weighted by Gasteiger charge is -1.97. The van der Waals surface area contributed by atoms with Crippen LogP contribution in [0.15, 0.2) is 36.5 Å². The quantitative estimate of drug-likeness (QED) is 0.577. The molecule has 1 aliphatic rings. The molecule has 2 aromatic rings. The van der Waals surface area contributed by atoms with Crippen LogP contribution < -0.4 is 0 Å². The van der Waals surface area contributed by atoms with Gasteiger partial charge in [-0.05, 0) is 30.3 Å². The van der Waals surface area contributed by atoms with Gasteiger partial charge in [0.2, 0.25) is 0 Å². The van der Waals surface area contributed by atoms with Crippen molar-refractivity contribution in [2.75, 3.05) is 0 Å². The summed E-state index contributed by atoms with van der Waals surface area (Å²) in [6.45, 7) is 0. The first-order valence-electron chi connectivity index (χ1n) is 4.57. The number of carbonyl (C=O) groups excluding carboxylic acids is 1. The number of ketones is 1. The molecule has 1 aromatic heterocycles. The number of carbonyl (C=O) groups is 1. The fourth-order valence-corrected chi connectivity index (χ4v) is 2.03. The highest BCUT2D eigenvalue weighted by atomic mass is 35.5. The molecule has 3 rings (SSSR count). The Balaban J connectivity index is 2.39. The number of nitrogens with zero attached hydrogens (tertiary/aromatic N) is 1. The van der Waals surface area contributed by atoms with Gasteiger partial charge in [-0.3, -0.25) is 9.78 Å². The zero-order valence-corrected chi connectivity index (χ0v) is 8.45. The third kappa shape index (κ3) is 1.12. The average Bonchev–Trinajstić information content (AvgIpc) is 2.54. The van der Waals surface area contributed by atoms with Crippen molar-refractivity contribution in [1.29, 1.82) is 0 Å². The van der Waals surface area contributed by atoms with Crippen molar-refractivity contribution in [3.8, 4) is 11.3 Å². The first kappa shape index (κ1) is 8.62. The summed E-state index contributed by atoms with van der Waals surface area (Å²) in [6.07, 6.45) is 1.68. The number of rotatable bonds is 0. The van der Waals surface area contributed by atoms with E-state index in [4.69, 9.17) is 11.6 Å². The van der Waals surface area contributed by atoms with Gasteiger partial charge in [-0.25, -0.2) is 0 Å². The molecule has 0 saturated carbocycles. The van der Waals surface area contributed by atoms with Gasteiger partial charge in [-0.15, -0.1) is 0 Å². The molecular weight excluding hydrogens is 210 g/mol. The molecule has 2 nitrogen and oxygen atoms in total. The Hall–Kier alpha value is -1.67. The second-order valence-corrected chi connectivity index (χ2v) is 3.86. The van der Waals surface area contributed by atoms with Crippen LogP contribution in [0.4, 0.5) is 0 Å². The van der Waals surface area contributed by atoms with Crippen LogP contribution >= 0.6 is 11.6 Å². The lowest BCUT2D eigenvalue weighted by Crippen LogP contribution is -1.94. The van der Waals surface area contributed by atoms with E-state index in [1.54, 1.807) is 36.5 Å². The summed E-state index contributed by atoms with van der Waals surface area (Å²) in [7, 11) is 0. The van der Waals surface area contributed by atoms with Crippen molar-refractivity contribution in [1.82, 2.24) is 4.98 Å². The molecule has 0 atom stereocenters. The monoisotopic (exact) mass is 215 g/mol. The van der Waals surface area contributed by atoms with Crippen LogP contribution in [-0.2, 0) is 0 Å². The van der Waals surface area contributed by atoms with E-state index < -0.39 is 0 Å². The van der Waals surface area contributed by atoms with Crippen LogP contribution in [0.2, 0.25) is 5.02 Å². The number of fused-ring (bicyclic) bond motifs is 3. The molecule has 0 N–H and O–H groups in total. The van der Waals surface area contributed by atoms with E-state index in [9.17, 15) is 4.79 Å². The minimum Gasteiger partial charge on any atom is -0.289 e. The lowest BCUT2D eigenvalue weighted by molar-refractivity contribution is 0.104. The summed E-state index contributed by atoms with van der Waals surface area (Å²) in [4.78, 5) is 16.1. The van der Waals surface area contributed by atoms with Gasteiger partial charge < -0.3 is 0 Å². The summed E-state index contributed by atoms with van der Waals surface area (Å²) in [5.74, 6) is 0.0322. The van der Waals surface area contributed by atoms with Crippen LogP contribution in [-0.4, -0.2) is 10.8 Å². The Morgan fingerprint density at radius 2 is 1.93 bits per heavy atom. The first-order chi connectivity index (χ1) is 7.27. The Bertz CT molecular complexity index is 578. The van der Waals surface area contributed by atoms with Gasteiger partial charge in [0.15, 0.2) is 5.78 Å². The minimum atomic E-state index is 0.0322. The van der Waals surface area contributed by atoms with Gasteiger partial charge in [0, 0.05) is 27.9 Å². The Morgan fingerprint density at radius 1 is 1.07 bits per heavy atom. The van der Waals surface area contributed by atoms with Gasteiger partial charge in [0.05, 0.1) is 5.69 Å². The highest BCUT2D eigenvalue weighted by molar-refractivity contribution is 6.32. The topological polar surface area (TPSA) is 30.0 Å². The molecule has 0 amide bonds. The van der Waals surface area contributed by atoms with Crippen LogP contribution in [0.5, 0.6) is 0 Å². The maximum atomic E-state index is 11.9. The molecule has 0 fully saturated rings. The van der Waals surface area contributed by atoms with Crippen molar-refractivity contribution in [2.24, 2.45) is 0 Å². The second-order valence-electron chi connectivity index (χ2n) is 3.42. The molecule has 72 valence electrons. The van der Waals surface area contributed by atoms with E-state index in [0.717, 1.165) is 11.3 Å². The van der Waals surface area contributed by atoms with E-state index in [1.165, 1.54) is 0 Å². The van der Waals surface area contributed by atoms with Crippen LogP contribution in [0.1, 0.15) is 15.9 Å². The predicted octanol–water partition coefficient (Wildman–Crippen LogP) is 2.95. The molecule has 1 aliphatic carbocycles. The fraction of sp³-hybridized carbons (Fsp3) is 0. The fourth-order valence-electron chi connectivity index (χ4n) is 1.86. The Kier molecular flexibility index (Phi) is 1.67. The van der Waals surface area contributed by atoms with E-state index in [0.29, 0.717) is 16.1 Å². The summed E-state index contributed by atoms with van der Waals surface area (Å²) < 4.78 is 0. The van der Waals surface area contributed by atoms with Crippen LogP contribution in [0, 0.1) is 0 Å². The molecule has 0 aliphatic heterocycles. The summed E-state index contributed by atoms with van der Waals surface area (Å²) in [6, 6.07) is 8.82. The van der Waals surface area contributed by atoms with E-state index in [-0.39, 0.29) is 5.78 Å². The summed E-state index contributed by atoms with van der Waals surface area (Å²) in [5.41, 5.74) is 2.92. The smallest absolute Gasteiger partial charge is 0.195 e. The van der Waals surface area contributed by atoms with Gasteiger partial charge in [0.25, 0.3) is 0 Å². The van der Waals surface area contributed by atoms with Crippen molar-refractivity contribution in [3.05, 3.63) is 52.7 Å². The van der Waals surface area contributed by atoms with Crippen LogP contribution in [0.3, 0.4) is 0 Å². The highest BCUT2D eigenvalue weighted by Gasteiger charge is 2.27. The van der Waals surface area contributed by atoms with Gasteiger partial charge in [0.1, 0.15) is 0 Å². The molecule has 15 heavy (non-hydrogen) atoms. The number of hydrogen-bond acceptors (Lipinski definition) is 2. The highest BCUT2D eigenvalue weighted by Crippen LogP contribution is 2.35. The Labute approximate surface area is 91.5 Å². The number of aromatic nitrogens is 1. The van der Waals surface area contributed by atoms with Gasteiger partial charge >= 0.3 is 0 Å². The number of halogens is 1. The number of hydrogen-bond donors (Lipinski definition) is 0. The zero-order valence-electron chi connectivity index (χ0n) is 7.70. The maximum absolute atomic E-state index is 11.9. The van der Waals surface area contributed by atoms with E-state index in [1.807, 2.05) is 0 Å². The second kappa shape index (κ2) is 2.91. The predicted molar refractivity (Wildman–Crippen MR) is 58.1 cm³/mol. The molecule has 3 heteroatoms. The van der Waals surface area contributed by atoms with Gasteiger partial charge in [-0.2, -0.15) is 0 Å². The SMILES string of the molecule is O=C1c2ccc(Cl)cc2-c2ncccc21. The number of pyridine rings is 1. The minimum absolute atomic E-state index is 0.0322. The van der Waals surface area contributed by atoms with E-state index >= 15 is 0 Å². The third-order valence-corrected chi connectivity index (χ3v) is 2.77. The Morgan fingerprint density at radius 3 is 2.80 bits per heavy atom. The summed E-state index contributed by atoms with van der Waals surface area (Å²) in [5, 5.41) is 0.625. The van der Waals surface area contributed by atoms with Gasteiger partial charge in [-0.1, -0.05) is 11.6 Å². The maximum Gasteiger partial charge on any atom is 0.195 e. The van der Waals surface area contributed by atoms with Crippen molar-refractivity contribution >= 4 is 17.4 Å². The van der Waals surface area contributed by atoms with Crippen molar-refractivity contribution < 1.29 is 4.79 Å².